The zero-order valence-corrected chi connectivity index (χ0v) is 9.63. The Morgan fingerprint density at radius 3 is 3.06 bits per heavy atom. The first-order valence-corrected chi connectivity index (χ1v) is 5.58. The molecule has 0 saturated heterocycles. The van der Waals surface area contributed by atoms with Crippen molar-refractivity contribution in [2.45, 2.75) is 13.1 Å². The van der Waals surface area contributed by atoms with E-state index in [2.05, 4.69) is 17.0 Å². The third kappa shape index (κ3) is 1.66. The summed E-state index contributed by atoms with van der Waals surface area (Å²) in [5, 5.41) is 4.39. The zero-order valence-electron chi connectivity index (χ0n) is 9.63. The van der Waals surface area contributed by atoms with Gasteiger partial charge in [-0.25, -0.2) is 4.68 Å². The van der Waals surface area contributed by atoms with Gasteiger partial charge in [-0.2, -0.15) is 5.10 Å². The highest BCUT2D eigenvalue weighted by molar-refractivity contribution is 5.75. The number of benzene rings is 1. The summed E-state index contributed by atoms with van der Waals surface area (Å²) in [4.78, 5) is 13.0. The van der Waals surface area contributed by atoms with Crippen LogP contribution in [-0.2, 0) is 13.1 Å². The molecule has 4 nitrogen and oxygen atoms in total. The molecular weight excluding hydrogens is 214 g/mol. The van der Waals surface area contributed by atoms with Crippen molar-refractivity contribution in [1.82, 2.24) is 14.7 Å². The Balaban J connectivity index is 2.07. The highest BCUT2D eigenvalue weighted by Gasteiger charge is 2.21. The third-order valence-electron chi connectivity index (χ3n) is 3.07. The lowest BCUT2D eigenvalue weighted by molar-refractivity contribution is 0.112. The van der Waals surface area contributed by atoms with Crippen LogP contribution in [0.5, 0.6) is 0 Å². The number of aldehydes is 1. The second kappa shape index (κ2) is 3.82. The molecule has 4 heteroatoms. The number of hydrogen-bond donors (Lipinski definition) is 0. The Morgan fingerprint density at radius 1 is 1.35 bits per heavy atom. The smallest absolute Gasteiger partial charge is 0.150 e. The van der Waals surface area contributed by atoms with Crippen LogP contribution in [0.25, 0.3) is 5.69 Å². The lowest BCUT2D eigenvalue weighted by Gasteiger charge is -2.08. The summed E-state index contributed by atoms with van der Waals surface area (Å²) in [6, 6.07) is 7.51. The van der Waals surface area contributed by atoms with E-state index in [9.17, 15) is 4.79 Å². The summed E-state index contributed by atoms with van der Waals surface area (Å²) in [7, 11) is 2.09. The quantitative estimate of drug-likeness (QED) is 0.732. The van der Waals surface area contributed by atoms with Crippen molar-refractivity contribution in [3.63, 3.8) is 0 Å². The van der Waals surface area contributed by atoms with Gasteiger partial charge in [-0.1, -0.05) is 12.1 Å². The van der Waals surface area contributed by atoms with Gasteiger partial charge in [-0.05, 0) is 19.2 Å². The molecule has 0 saturated carbocycles. The van der Waals surface area contributed by atoms with Gasteiger partial charge in [-0.3, -0.25) is 9.69 Å². The van der Waals surface area contributed by atoms with Crippen LogP contribution in [0.4, 0.5) is 0 Å². The Labute approximate surface area is 99.5 Å². The molecule has 1 aromatic heterocycles. The summed E-state index contributed by atoms with van der Waals surface area (Å²) in [5.41, 5.74) is 4.11. The monoisotopic (exact) mass is 227 g/mol. The summed E-state index contributed by atoms with van der Waals surface area (Å²) >= 11 is 0. The van der Waals surface area contributed by atoms with E-state index in [1.165, 1.54) is 11.3 Å². The number of fused-ring (bicyclic) bond motifs is 1. The van der Waals surface area contributed by atoms with E-state index >= 15 is 0 Å². The fourth-order valence-corrected chi connectivity index (χ4v) is 2.26. The van der Waals surface area contributed by atoms with Gasteiger partial charge < -0.3 is 0 Å². The number of nitrogens with zero attached hydrogens (tertiary/aromatic N) is 3. The minimum absolute atomic E-state index is 0.679. The van der Waals surface area contributed by atoms with E-state index in [0.29, 0.717) is 5.56 Å². The molecule has 0 aliphatic carbocycles. The first-order valence-electron chi connectivity index (χ1n) is 5.58. The van der Waals surface area contributed by atoms with Gasteiger partial charge in [0.25, 0.3) is 0 Å². The summed E-state index contributed by atoms with van der Waals surface area (Å²) < 4.78 is 1.92. The number of aromatic nitrogens is 2. The maximum absolute atomic E-state index is 10.8. The lowest BCUT2D eigenvalue weighted by Crippen LogP contribution is -2.11. The van der Waals surface area contributed by atoms with E-state index < -0.39 is 0 Å². The predicted octanol–water partition coefficient (Wildman–Crippen LogP) is 1.63. The maximum atomic E-state index is 10.8. The predicted molar refractivity (Wildman–Crippen MR) is 64.1 cm³/mol. The second-order valence-corrected chi connectivity index (χ2v) is 4.41. The van der Waals surface area contributed by atoms with Crippen molar-refractivity contribution in [2.75, 3.05) is 7.05 Å². The Hall–Kier alpha value is -1.94. The molecule has 0 atom stereocenters. The largest absolute Gasteiger partial charge is 0.298 e. The highest BCUT2D eigenvalue weighted by atomic mass is 16.1. The molecule has 0 amide bonds. The molecule has 1 aromatic carbocycles. The normalized spacial score (nSPS) is 14.9. The van der Waals surface area contributed by atoms with Crippen LogP contribution >= 0.6 is 0 Å². The van der Waals surface area contributed by atoms with Crippen molar-refractivity contribution in [3.05, 3.63) is 47.3 Å². The van der Waals surface area contributed by atoms with Crippen LogP contribution in [0.15, 0.2) is 30.5 Å². The summed E-state index contributed by atoms with van der Waals surface area (Å²) in [6.45, 7) is 1.85. The van der Waals surface area contributed by atoms with Crippen LogP contribution < -0.4 is 0 Å². The van der Waals surface area contributed by atoms with Gasteiger partial charge in [-0.15, -0.1) is 0 Å². The third-order valence-corrected chi connectivity index (χ3v) is 3.07. The molecule has 0 N–H and O–H groups in total. The first kappa shape index (κ1) is 10.2. The van der Waals surface area contributed by atoms with Gasteiger partial charge in [0, 0.05) is 24.2 Å². The number of carbonyl (C=O) groups excluding carboxylic acids is 1. The minimum Gasteiger partial charge on any atom is -0.298 e. The van der Waals surface area contributed by atoms with Crippen molar-refractivity contribution >= 4 is 6.29 Å². The van der Waals surface area contributed by atoms with Crippen molar-refractivity contribution in [2.24, 2.45) is 0 Å². The fraction of sp³-hybridized carbons (Fsp3) is 0.231. The second-order valence-electron chi connectivity index (χ2n) is 4.41. The molecule has 2 aromatic rings. The van der Waals surface area contributed by atoms with Gasteiger partial charge in [0.1, 0.15) is 6.29 Å². The van der Waals surface area contributed by atoms with Crippen LogP contribution in [0.1, 0.15) is 21.6 Å². The molecule has 0 radical (unpaired) electrons. The van der Waals surface area contributed by atoms with E-state index in [1.54, 1.807) is 6.07 Å². The molecule has 0 bridgehead atoms. The molecular formula is C13H13N3O. The molecule has 2 heterocycles. The van der Waals surface area contributed by atoms with E-state index in [-0.39, 0.29) is 0 Å². The number of rotatable bonds is 2. The van der Waals surface area contributed by atoms with Crippen LogP contribution in [-0.4, -0.2) is 28.0 Å². The summed E-state index contributed by atoms with van der Waals surface area (Å²) in [5.74, 6) is 0. The molecule has 1 aliphatic heterocycles. The van der Waals surface area contributed by atoms with E-state index in [0.717, 1.165) is 25.1 Å². The Bertz CT molecular complexity index is 574. The molecule has 3 rings (SSSR count). The maximum Gasteiger partial charge on any atom is 0.150 e. The Morgan fingerprint density at radius 2 is 2.24 bits per heavy atom. The molecule has 0 fully saturated rings. The van der Waals surface area contributed by atoms with Crippen LogP contribution in [0.3, 0.4) is 0 Å². The van der Waals surface area contributed by atoms with Crippen LogP contribution in [0, 0.1) is 0 Å². The van der Waals surface area contributed by atoms with Gasteiger partial charge in [0.15, 0.2) is 0 Å². The van der Waals surface area contributed by atoms with E-state index in [1.807, 2.05) is 29.1 Å². The molecule has 0 unspecified atom stereocenters. The lowest BCUT2D eigenvalue weighted by atomic mass is 10.2. The van der Waals surface area contributed by atoms with Crippen molar-refractivity contribution < 1.29 is 4.79 Å². The molecule has 17 heavy (non-hydrogen) atoms. The standard InChI is InChI=1S/C13H13N3O/c1-15-7-11-6-14-16(13(11)8-15)12-4-2-3-10(5-12)9-17/h2-6,9H,7-8H2,1H3. The zero-order chi connectivity index (χ0) is 11.8. The van der Waals surface area contributed by atoms with Gasteiger partial charge in [0.05, 0.1) is 17.6 Å². The SMILES string of the molecule is CN1Cc2cnn(-c3cccc(C=O)c3)c2C1. The Kier molecular flexibility index (Phi) is 2.30. The highest BCUT2D eigenvalue weighted by Crippen LogP contribution is 2.23. The van der Waals surface area contributed by atoms with Crippen molar-refractivity contribution in [1.29, 1.82) is 0 Å². The topological polar surface area (TPSA) is 38.1 Å². The minimum atomic E-state index is 0.679. The molecule has 1 aliphatic rings. The molecule has 0 spiro atoms. The molecule has 86 valence electrons. The fourth-order valence-electron chi connectivity index (χ4n) is 2.26. The number of hydrogen-bond acceptors (Lipinski definition) is 3. The van der Waals surface area contributed by atoms with E-state index in [4.69, 9.17) is 0 Å². The van der Waals surface area contributed by atoms with Gasteiger partial charge >= 0.3 is 0 Å². The average molecular weight is 227 g/mol. The van der Waals surface area contributed by atoms with Crippen LogP contribution in [0.2, 0.25) is 0 Å². The van der Waals surface area contributed by atoms with Gasteiger partial charge in [0.2, 0.25) is 0 Å². The first-order chi connectivity index (χ1) is 8.28. The summed E-state index contributed by atoms with van der Waals surface area (Å²) in [6.07, 6.45) is 2.77. The number of carbonyl (C=O) groups is 1. The average Bonchev–Trinajstić information content (AvgIpc) is 2.87. The van der Waals surface area contributed by atoms with Crippen molar-refractivity contribution in [3.8, 4) is 5.69 Å².